The molecule has 2 aromatic carbocycles. The van der Waals surface area contributed by atoms with Gasteiger partial charge in [-0.2, -0.15) is 0 Å². The minimum Gasteiger partial charge on any atom is -0.334 e. The monoisotopic (exact) mass is 333 g/mol. The number of hydrogen-bond donors (Lipinski definition) is 0. The molecule has 0 fully saturated rings. The van der Waals surface area contributed by atoms with Crippen molar-refractivity contribution in [3.05, 3.63) is 83.4 Å². The van der Waals surface area contributed by atoms with E-state index in [1.165, 1.54) is 12.1 Å². The first-order chi connectivity index (χ1) is 12.2. The summed E-state index contributed by atoms with van der Waals surface area (Å²) in [5, 5.41) is 0. The predicted molar refractivity (Wildman–Crippen MR) is 92.3 cm³/mol. The Balaban J connectivity index is 1.58. The summed E-state index contributed by atoms with van der Waals surface area (Å²) >= 11 is 0. The quantitative estimate of drug-likeness (QED) is 0.721. The molecule has 1 aromatic heterocycles. The highest BCUT2D eigenvalue weighted by atomic mass is 19.1. The molecule has 124 valence electrons. The smallest absolute Gasteiger partial charge is 0.257 e. The van der Waals surface area contributed by atoms with Gasteiger partial charge in [0.2, 0.25) is 0 Å². The largest absolute Gasteiger partial charge is 0.334 e. The van der Waals surface area contributed by atoms with Crippen LogP contribution in [0.2, 0.25) is 0 Å². The SMILES string of the molecule is O=C(c1ccccc1F)N1CCc2nc(-c3ccccc3)ncc2C1. The summed E-state index contributed by atoms with van der Waals surface area (Å²) in [5.41, 5.74) is 2.94. The first-order valence-corrected chi connectivity index (χ1v) is 8.16. The number of fused-ring (bicyclic) bond motifs is 1. The Morgan fingerprint density at radius 1 is 1.04 bits per heavy atom. The van der Waals surface area contributed by atoms with E-state index in [-0.39, 0.29) is 11.5 Å². The highest BCUT2D eigenvalue weighted by Crippen LogP contribution is 2.22. The molecule has 2 heterocycles. The molecule has 0 N–H and O–H groups in total. The standard InChI is InChI=1S/C20H16FN3O/c21-17-9-5-4-8-16(17)20(25)24-11-10-18-15(13-24)12-22-19(23-18)14-6-2-1-3-7-14/h1-9,12H,10-11,13H2. The summed E-state index contributed by atoms with van der Waals surface area (Å²) in [6.45, 7) is 0.920. The predicted octanol–water partition coefficient (Wildman–Crippen LogP) is 3.48. The van der Waals surface area contributed by atoms with Crippen molar-refractivity contribution in [1.29, 1.82) is 0 Å². The average molecular weight is 333 g/mol. The fourth-order valence-electron chi connectivity index (χ4n) is 3.02. The molecule has 0 radical (unpaired) electrons. The summed E-state index contributed by atoms with van der Waals surface area (Å²) in [5.74, 6) is -0.0990. The van der Waals surface area contributed by atoms with Gasteiger partial charge in [-0.25, -0.2) is 14.4 Å². The lowest BCUT2D eigenvalue weighted by Crippen LogP contribution is -2.37. The zero-order valence-corrected chi connectivity index (χ0v) is 13.5. The first kappa shape index (κ1) is 15.4. The van der Waals surface area contributed by atoms with Crippen LogP contribution in [0.3, 0.4) is 0 Å². The van der Waals surface area contributed by atoms with Crippen LogP contribution in [-0.2, 0) is 13.0 Å². The van der Waals surface area contributed by atoms with Crippen LogP contribution in [0.5, 0.6) is 0 Å². The number of amides is 1. The summed E-state index contributed by atoms with van der Waals surface area (Å²) in [6.07, 6.45) is 2.41. The van der Waals surface area contributed by atoms with Crippen LogP contribution in [-0.4, -0.2) is 27.3 Å². The van der Waals surface area contributed by atoms with Gasteiger partial charge in [-0.1, -0.05) is 42.5 Å². The molecular weight excluding hydrogens is 317 g/mol. The molecular formula is C20H16FN3O. The van der Waals surface area contributed by atoms with E-state index in [1.807, 2.05) is 30.3 Å². The molecule has 1 aliphatic rings. The second-order valence-electron chi connectivity index (χ2n) is 5.99. The van der Waals surface area contributed by atoms with Crippen molar-refractivity contribution in [2.24, 2.45) is 0 Å². The third-order valence-electron chi connectivity index (χ3n) is 4.36. The van der Waals surface area contributed by atoms with Crippen molar-refractivity contribution in [2.75, 3.05) is 6.54 Å². The number of halogens is 1. The molecule has 1 aliphatic heterocycles. The molecule has 0 aliphatic carbocycles. The Morgan fingerprint density at radius 2 is 1.80 bits per heavy atom. The molecule has 0 atom stereocenters. The third-order valence-corrected chi connectivity index (χ3v) is 4.36. The van der Waals surface area contributed by atoms with E-state index in [0.717, 1.165) is 16.8 Å². The fourth-order valence-corrected chi connectivity index (χ4v) is 3.02. The van der Waals surface area contributed by atoms with E-state index in [2.05, 4.69) is 9.97 Å². The average Bonchev–Trinajstić information content (AvgIpc) is 2.68. The van der Waals surface area contributed by atoms with Crippen LogP contribution in [0.4, 0.5) is 4.39 Å². The highest BCUT2D eigenvalue weighted by molar-refractivity contribution is 5.94. The van der Waals surface area contributed by atoms with Crippen LogP contribution < -0.4 is 0 Å². The molecule has 0 unspecified atom stereocenters. The number of hydrogen-bond acceptors (Lipinski definition) is 3. The highest BCUT2D eigenvalue weighted by Gasteiger charge is 2.25. The van der Waals surface area contributed by atoms with Crippen LogP contribution >= 0.6 is 0 Å². The van der Waals surface area contributed by atoms with Crippen molar-refractivity contribution in [3.63, 3.8) is 0 Å². The Hall–Kier alpha value is -3.08. The van der Waals surface area contributed by atoms with Gasteiger partial charge in [-0.3, -0.25) is 4.79 Å². The maximum Gasteiger partial charge on any atom is 0.257 e. The topological polar surface area (TPSA) is 46.1 Å². The molecule has 0 spiro atoms. The summed E-state index contributed by atoms with van der Waals surface area (Å²) < 4.78 is 13.9. The minimum absolute atomic E-state index is 0.104. The number of rotatable bonds is 2. The molecule has 0 saturated heterocycles. The molecule has 0 bridgehead atoms. The lowest BCUT2D eigenvalue weighted by atomic mass is 10.1. The zero-order chi connectivity index (χ0) is 17.2. The summed E-state index contributed by atoms with van der Waals surface area (Å²) in [7, 11) is 0. The van der Waals surface area contributed by atoms with Gasteiger partial charge in [0, 0.05) is 36.8 Å². The van der Waals surface area contributed by atoms with E-state index in [4.69, 9.17) is 0 Å². The number of carbonyl (C=O) groups excluding carboxylic acids is 1. The second-order valence-corrected chi connectivity index (χ2v) is 5.99. The molecule has 3 aromatic rings. The molecule has 1 amide bonds. The van der Waals surface area contributed by atoms with Gasteiger partial charge >= 0.3 is 0 Å². The summed E-state index contributed by atoms with van der Waals surface area (Å²) in [4.78, 5) is 23.3. The van der Waals surface area contributed by atoms with E-state index >= 15 is 0 Å². The number of nitrogens with zero attached hydrogens (tertiary/aromatic N) is 3. The Bertz CT molecular complexity index is 927. The Labute approximate surface area is 145 Å². The van der Waals surface area contributed by atoms with Crippen LogP contribution in [0.1, 0.15) is 21.6 Å². The van der Waals surface area contributed by atoms with E-state index in [1.54, 1.807) is 23.2 Å². The molecule has 25 heavy (non-hydrogen) atoms. The number of carbonyl (C=O) groups is 1. The maximum absolute atomic E-state index is 13.9. The van der Waals surface area contributed by atoms with Gasteiger partial charge in [0.1, 0.15) is 5.82 Å². The first-order valence-electron chi connectivity index (χ1n) is 8.16. The van der Waals surface area contributed by atoms with Crippen molar-refractivity contribution in [1.82, 2.24) is 14.9 Å². The molecule has 5 heteroatoms. The van der Waals surface area contributed by atoms with Crippen LogP contribution in [0.25, 0.3) is 11.4 Å². The van der Waals surface area contributed by atoms with Crippen molar-refractivity contribution in [2.45, 2.75) is 13.0 Å². The van der Waals surface area contributed by atoms with Crippen LogP contribution in [0.15, 0.2) is 60.8 Å². The van der Waals surface area contributed by atoms with Crippen LogP contribution in [0, 0.1) is 5.82 Å². The van der Waals surface area contributed by atoms with Crippen molar-refractivity contribution < 1.29 is 9.18 Å². The number of aromatic nitrogens is 2. The second kappa shape index (κ2) is 6.43. The lowest BCUT2D eigenvalue weighted by Gasteiger charge is -2.28. The van der Waals surface area contributed by atoms with Crippen molar-refractivity contribution in [3.8, 4) is 11.4 Å². The van der Waals surface area contributed by atoms with Crippen molar-refractivity contribution >= 4 is 5.91 Å². The van der Waals surface area contributed by atoms with E-state index in [0.29, 0.717) is 25.3 Å². The normalized spacial score (nSPS) is 13.4. The minimum atomic E-state index is -0.492. The van der Waals surface area contributed by atoms with Gasteiger partial charge in [-0.05, 0) is 12.1 Å². The Morgan fingerprint density at radius 3 is 2.60 bits per heavy atom. The fraction of sp³-hybridized carbons (Fsp3) is 0.150. The maximum atomic E-state index is 13.9. The third kappa shape index (κ3) is 3.01. The molecule has 4 rings (SSSR count). The van der Waals surface area contributed by atoms with E-state index < -0.39 is 5.82 Å². The van der Waals surface area contributed by atoms with Gasteiger partial charge in [0.15, 0.2) is 5.82 Å². The molecule has 0 saturated carbocycles. The zero-order valence-electron chi connectivity index (χ0n) is 13.5. The summed E-state index contributed by atoms with van der Waals surface area (Å²) in [6, 6.07) is 15.9. The van der Waals surface area contributed by atoms with Gasteiger partial charge in [0.25, 0.3) is 5.91 Å². The van der Waals surface area contributed by atoms with Gasteiger partial charge in [0.05, 0.1) is 11.3 Å². The Kier molecular flexibility index (Phi) is 3.98. The van der Waals surface area contributed by atoms with E-state index in [9.17, 15) is 9.18 Å². The molecule has 4 nitrogen and oxygen atoms in total. The van der Waals surface area contributed by atoms with Gasteiger partial charge in [-0.15, -0.1) is 0 Å². The number of benzene rings is 2. The van der Waals surface area contributed by atoms with Gasteiger partial charge < -0.3 is 4.90 Å². The lowest BCUT2D eigenvalue weighted by molar-refractivity contribution is 0.0728.